The van der Waals surface area contributed by atoms with Gasteiger partial charge in [0, 0.05) is 36.4 Å². The van der Waals surface area contributed by atoms with E-state index in [0.717, 1.165) is 29.6 Å². The number of aromatic amines is 1. The van der Waals surface area contributed by atoms with E-state index >= 15 is 0 Å². The SMILES string of the molecule is O=C(CCc1[nH]nc2ccccc12)N[C@@H]1CC(Cn2cccn2)C[C@H]1O. The summed E-state index contributed by atoms with van der Waals surface area (Å²) in [5.41, 5.74) is 1.88. The minimum absolute atomic E-state index is 0.0347. The highest BCUT2D eigenvalue weighted by Gasteiger charge is 2.34. The Labute approximate surface area is 151 Å². The topological polar surface area (TPSA) is 95.8 Å². The average molecular weight is 353 g/mol. The fourth-order valence-electron chi connectivity index (χ4n) is 3.82. The molecule has 26 heavy (non-hydrogen) atoms. The van der Waals surface area contributed by atoms with Crippen LogP contribution >= 0.6 is 0 Å². The van der Waals surface area contributed by atoms with Gasteiger partial charge in [-0.2, -0.15) is 10.2 Å². The molecular formula is C19H23N5O2. The number of H-pyrrole nitrogens is 1. The minimum Gasteiger partial charge on any atom is -0.391 e. The van der Waals surface area contributed by atoms with E-state index in [1.165, 1.54) is 0 Å². The number of carbonyl (C=O) groups is 1. The second-order valence-electron chi connectivity index (χ2n) is 7.03. The quantitative estimate of drug-likeness (QED) is 0.628. The summed E-state index contributed by atoms with van der Waals surface area (Å²) in [7, 11) is 0. The maximum Gasteiger partial charge on any atom is 0.220 e. The predicted molar refractivity (Wildman–Crippen MR) is 97.3 cm³/mol. The van der Waals surface area contributed by atoms with E-state index in [9.17, 15) is 9.90 Å². The summed E-state index contributed by atoms with van der Waals surface area (Å²) in [4.78, 5) is 12.3. The lowest BCUT2D eigenvalue weighted by molar-refractivity contribution is -0.122. The first-order valence-corrected chi connectivity index (χ1v) is 9.06. The third kappa shape index (κ3) is 3.62. The van der Waals surface area contributed by atoms with Gasteiger partial charge in [-0.05, 0) is 37.3 Å². The van der Waals surface area contributed by atoms with Crippen LogP contribution in [0.1, 0.15) is 25.0 Å². The van der Waals surface area contributed by atoms with E-state index in [-0.39, 0.29) is 11.9 Å². The molecule has 0 aliphatic heterocycles. The number of nitrogens with zero attached hydrogens (tertiary/aromatic N) is 3. The molecule has 2 aromatic heterocycles. The lowest BCUT2D eigenvalue weighted by Crippen LogP contribution is -2.40. The number of carbonyl (C=O) groups excluding carboxylic acids is 1. The van der Waals surface area contributed by atoms with E-state index in [0.29, 0.717) is 25.2 Å². The molecular weight excluding hydrogens is 330 g/mol. The summed E-state index contributed by atoms with van der Waals surface area (Å²) in [5.74, 6) is 0.291. The molecule has 7 nitrogen and oxygen atoms in total. The zero-order valence-electron chi connectivity index (χ0n) is 14.5. The molecule has 1 fully saturated rings. The molecule has 1 saturated carbocycles. The van der Waals surface area contributed by atoms with Crippen LogP contribution in [-0.4, -0.2) is 43.1 Å². The summed E-state index contributed by atoms with van der Waals surface area (Å²) in [5, 5.41) is 25.8. The summed E-state index contributed by atoms with van der Waals surface area (Å²) >= 11 is 0. The zero-order chi connectivity index (χ0) is 17.9. The van der Waals surface area contributed by atoms with Gasteiger partial charge in [0.05, 0.1) is 17.7 Å². The van der Waals surface area contributed by atoms with E-state index in [1.807, 2.05) is 41.2 Å². The van der Waals surface area contributed by atoms with Crippen LogP contribution in [0.2, 0.25) is 0 Å². The zero-order valence-corrected chi connectivity index (χ0v) is 14.5. The van der Waals surface area contributed by atoms with Gasteiger partial charge in [-0.1, -0.05) is 18.2 Å². The number of nitrogens with one attached hydrogen (secondary N) is 2. The van der Waals surface area contributed by atoms with Crippen molar-refractivity contribution in [3.05, 3.63) is 48.4 Å². The fourth-order valence-corrected chi connectivity index (χ4v) is 3.82. The van der Waals surface area contributed by atoms with Gasteiger partial charge in [0.1, 0.15) is 0 Å². The number of aliphatic hydroxyl groups excluding tert-OH is 1. The normalized spacial score (nSPS) is 22.7. The van der Waals surface area contributed by atoms with Gasteiger partial charge in [0.2, 0.25) is 5.91 Å². The summed E-state index contributed by atoms with van der Waals surface area (Å²) in [6.45, 7) is 0.774. The highest BCUT2D eigenvalue weighted by atomic mass is 16.3. The van der Waals surface area contributed by atoms with Crippen LogP contribution in [0.4, 0.5) is 0 Å². The van der Waals surface area contributed by atoms with Crippen molar-refractivity contribution in [2.24, 2.45) is 5.92 Å². The number of aryl methyl sites for hydroxylation is 1. The monoisotopic (exact) mass is 353 g/mol. The Morgan fingerprint density at radius 1 is 1.31 bits per heavy atom. The Bertz CT molecular complexity index is 873. The van der Waals surface area contributed by atoms with Crippen LogP contribution in [0.5, 0.6) is 0 Å². The predicted octanol–water partition coefficient (Wildman–Crippen LogP) is 1.65. The first-order valence-electron chi connectivity index (χ1n) is 9.06. The third-order valence-electron chi connectivity index (χ3n) is 5.12. The molecule has 4 rings (SSSR count). The smallest absolute Gasteiger partial charge is 0.220 e. The number of hydrogen-bond donors (Lipinski definition) is 3. The third-order valence-corrected chi connectivity index (χ3v) is 5.12. The first-order chi connectivity index (χ1) is 12.7. The second-order valence-corrected chi connectivity index (χ2v) is 7.03. The molecule has 0 bridgehead atoms. The summed E-state index contributed by atoms with van der Waals surface area (Å²) < 4.78 is 1.88. The Morgan fingerprint density at radius 2 is 2.19 bits per heavy atom. The van der Waals surface area contributed by atoms with E-state index < -0.39 is 6.10 Å². The molecule has 3 N–H and O–H groups in total. The average Bonchev–Trinajstić information content (AvgIpc) is 3.35. The maximum absolute atomic E-state index is 12.3. The van der Waals surface area contributed by atoms with Gasteiger partial charge in [-0.15, -0.1) is 0 Å². The Hall–Kier alpha value is -2.67. The van der Waals surface area contributed by atoms with E-state index in [2.05, 4.69) is 20.6 Å². The van der Waals surface area contributed by atoms with Crippen molar-refractivity contribution >= 4 is 16.8 Å². The molecule has 7 heteroatoms. The largest absolute Gasteiger partial charge is 0.391 e. The van der Waals surface area contributed by atoms with Gasteiger partial charge in [0.25, 0.3) is 0 Å². The summed E-state index contributed by atoms with van der Waals surface area (Å²) in [6.07, 6.45) is 5.63. The number of rotatable bonds is 6. The number of aromatic nitrogens is 4. The van der Waals surface area contributed by atoms with Crippen molar-refractivity contribution in [3.8, 4) is 0 Å². The van der Waals surface area contributed by atoms with Crippen molar-refractivity contribution in [2.75, 3.05) is 0 Å². The van der Waals surface area contributed by atoms with Crippen LogP contribution in [0.25, 0.3) is 10.9 Å². The molecule has 3 atom stereocenters. The molecule has 1 unspecified atom stereocenters. The highest BCUT2D eigenvalue weighted by Crippen LogP contribution is 2.27. The van der Waals surface area contributed by atoms with Crippen molar-refractivity contribution < 1.29 is 9.90 Å². The second kappa shape index (κ2) is 7.29. The Kier molecular flexibility index (Phi) is 4.71. The van der Waals surface area contributed by atoms with Crippen LogP contribution in [0.15, 0.2) is 42.7 Å². The lowest BCUT2D eigenvalue weighted by atomic mass is 10.1. The number of hydrogen-bond acceptors (Lipinski definition) is 4. The number of fused-ring (bicyclic) bond motifs is 1. The molecule has 0 radical (unpaired) electrons. The Morgan fingerprint density at radius 3 is 3.04 bits per heavy atom. The maximum atomic E-state index is 12.3. The van der Waals surface area contributed by atoms with Crippen molar-refractivity contribution in [3.63, 3.8) is 0 Å². The van der Waals surface area contributed by atoms with Gasteiger partial charge in [-0.3, -0.25) is 14.6 Å². The molecule has 0 spiro atoms. The van der Waals surface area contributed by atoms with Crippen LogP contribution < -0.4 is 5.32 Å². The number of aliphatic hydroxyl groups is 1. The number of amides is 1. The molecule has 2 heterocycles. The van der Waals surface area contributed by atoms with Crippen molar-refractivity contribution in [2.45, 2.75) is 44.4 Å². The van der Waals surface area contributed by atoms with Crippen molar-refractivity contribution in [1.29, 1.82) is 0 Å². The Balaban J connectivity index is 1.29. The molecule has 3 aromatic rings. The van der Waals surface area contributed by atoms with Gasteiger partial charge >= 0.3 is 0 Å². The number of para-hydroxylation sites is 1. The van der Waals surface area contributed by atoms with Crippen LogP contribution in [0.3, 0.4) is 0 Å². The fraction of sp³-hybridized carbons (Fsp3) is 0.421. The van der Waals surface area contributed by atoms with Crippen molar-refractivity contribution in [1.82, 2.24) is 25.3 Å². The lowest BCUT2D eigenvalue weighted by Gasteiger charge is -2.16. The van der Waals surface area contributed by atoms with Gasteiger partial charge in [-0.25, -0.2) is 0 Å². The first kappa shape index (κ1) is 16.8. The minimum atomic E-state index is -0.493. The number of benzene rings is 1. The molecule has 1 aliphatic carbocycles. The van der Waals surface area contributed by atoms with Crippen LogP contribution in [-0.2, 0) is 17.8 Å². The molecule has 1 amide bonds. The summed E-state index contributed by atoms with van der Waals surface area (Å²) in [6, 6.07) is 9.58. The van der Waals surface area contributed by atoms with Gasteiger partial charge < -0.3 is 10.4 Å². The molecule has 0 saturated heterocycles. The van der Waals surface area contributed by atoms with E-state index in [4.69, 9.17) is 0 Å². The molecule has 1 aliphatic rings. The van der Waals surface area contributed by atoms with Gasteiger partial charge in [0.15, 0.2) is 0 Å². The standard InChI is InChI=1S/C19H23N5O2/c25-18-11-13(12-24-9-3-8-20-24)10-17(18)21-19(26)7-6-16-14-4-1-2-5-15(14)22-23-16/h1-5,8-9,13,17-18,25H,6-7,10-12H2,(H,21,26)(H,22,23)/t13?,17-,18-/m1/s1. The van der Waals surface area contributed by atoms with E-state index in [1.54, 1.807) is 6.20 Å². The highest BCUT2D eigenvalue weighted by molar-refractivity contribution is 5.82. The molecule has 136 valence electrons. The molecule has 1 aromatic carbocycles. The van der Waals surface area contributed by atoms with Crippen LogP contribution in [0, 0.1) is 5.92 Å².